The number of ether oxygens (including phenoxy) is 3. The van der Waals surface area contributed by atoms with E-state index in [0.29, 0.717) is 47.8 Å². The quantitative estimate of drug-likeness (QED) is 0.237. The monoisotopic (exact) mass is 499 g/mol. The molecule has 0 aliphatic carbocycles. The SMILES string of the molecule is COC(=O)c1ccc([C@H]2C(=C(O)c3ccc4c(c3)OCCO4)C(=O)C(=O)N2CCc2ccccc2)cc1. The van der Waals surface area contributed by atoms with Gasteiger partial charge in [-0.05, 0) is 47.9 Å². The van der Waals surface area contributed by atoms with Crippen molar-refractivity contribution in [2.75, 3.05) is 26.9 Å². The van der Waals surface area contributed by atoms with E-state index in [-0.39, 0.29) is 17.9 Å². The number of fused-ring (bicyclic) bond motifs is 1. The van der Waals surface area contributed by atoms with Gasteiger partial charge in [-0.25, -0.2) is 4.79 Å². The van der Waals surface area contributed by atoms with Gasteiger partial charge >= 0.3 is 5.97 Å². The van der Waals surface area contributed by atoms with Crippen molar-refractivity contribution in [3.8, 4) is 11.5 Å². The molecule has 2 aliphatic rings. The average Bonchev–Trinajstić information content (AvgIpc) is 3.20. The second-order valence-electron chi connectivity index (χ2n) is 8.70. The summed E-state index contributed by atoms with van der Waals surface area (Å²) in [6, 6.07) is 20.1. The third-order valence-corrected chi connectivity index (χ3v) is 6.49. The van der Waals surface area contributed by atoms with Gasteiger partial charge in [0.1, 0.15) is 19.0 Å². The first-order chi connectivity index (χ1) is 18.0. The van der Waals surface area contributed by atoms with Crippen molar-refractivity contribution in [1.82, 2.24) is 4.90 Å². The number of aliphatic hydroxyl groups is 1. The number of esters is 1. The second kappa shape index (κ2) is 10.2. The fourth-order valence-corrected chi connectivity index (χ4v) is 4.62. The summed E-state index contributed by atoms with van der Waals surface area (Å²) < 4.78 is 16.0. The lowest BCUT2D eigenvalue weighted by Gasteiger charge is -2.25. The molecule has 3 aromatic rings. The van der Waals surface area contributed by atoms with Gasteiger partial charge in [0.15, 0.2) is 11.5 Å². The summed E-state index contributed by atoms with van der Waals surface area (Å²) in [5, 5.41) is 11.3. The normalized spacial score (nSPS) is 18.1. The first-order valence-corrected chi connectivity index (χ1v) is 11.9. The molecule has 8 nitrogen and oxygen atoms in total. The summed E-state index contributed by atoms with van der Waals surface area (Å²) in [6.07, 6.45) is 0.522. The number of carbonyl (C=O) groups excluding carboxylic acids is 3. The Morgan fingerprint density at radius 1 is 0.946 bits per heavy atom. The number of nitrogens with zero attached hydrogens (tertiary/aromatic N) is 1. The van der Waals surface area contributed by atoms with E-state index in [9.17, 15) is 19.5 Å². The zero-order valence-corrected chi connectivity index (χ0v) is 20.2. The fourth-order valence-electron chi connectivity index (χ4n) is 4.62. The Labute approximate surface area is 213 Å². The summed E-state index contributed by atoms with van der Waals surface area (Å²) in [4.78, 5) is 39.9. The van der Waals surface area contributed by atoms with Crippen molar-refractivity contribution < 1.29 is 33.7 Å². The summed E-state index contributed by atoms with van der Waals surface area (Å²) in [5.41, 5.74) is 2.23. The van der Waals surface area contributed by atoms with Crippen LogP contribution in [0.15, 0.2) is 78.4 Å². The smallest absolute Gasteiger partial charge is 0.337 e. The number of amides is 1. The van der Waals surface area contributed by atoms with Crippen LogP contribution in [-0.2, 0) is 20.7 Å². The van der Waals surface area contributed by atoms with Gasteiger partial charge in [0, 0.05) is 12.1 Å². The van der Waals surface area contributed by atoms with Gasteiger partial charge in [0.05, 0.1) is 24.3 Å². The Morgan fingerprint density at radius 2 is 1.62 bits per heavy atom. The fraction of sp³-hybridized carbons (Fsp3) is 0.207. The van der Waals surface area contributed by atoms with Gasteiger partial charge in [-0.15, -0.1) is 0 Å². The molecular weight excluding hydrogens is 474 g/mol. The van der Waals surface area contributed by atoms with Crippen molar-refractivity contribution >= 4 is 23.4 Å². The second-order valence-corrected chi connectivity index (χ2v) is 8.70. The number of methoxy groups -OCH3 is 1. The molecular formula is C29H25NO7. The van der Waals surface area contributed by atoms with Crippen LogP contribution >= 0.6 is 0 Å². The highest BCUT2D eigenvalue weighted by molar-refractivity contribution is 6.46. The number of rotatable bonds is 6. The Bertz CT molecular complexity index is 1380. The van der Waals surface area contributed by atoms with Crippen molar-refractivity contribution in [3.63, 3.8) is 0 Å². The Morgan fingerprint density at radius 3 is 2.32 bits per heavy atom. The highest BCUT2D eigenvalue weighted by atomic mass is 16.6. The largest absolute Gasteiger partial charge is 0.507 e. The van der Waals surface area contributed by atoms with Crippen LogP contribution in [0.2, 0.25) is 0 Å². The molecule has 0 saturated carbocycles. The van der Waals surface area contributed by atoms with E-state index in [1.165, 1.54) is 12.0 Å². The molecule has 5 rings (SSSR count). The number of likely N-dealkylation sites (tertiary alicyclic amines) is 1. The van der Waals surface area contributed by atoms with Gasteiger partial charge in [0.2, 0.25) is 0 Å². The van der Waals surface area contributed by atoms with Crippen LogP contribution in [0.3, 0.4) is 0 Å². The highest BCUT2D eigenvalue weighted by Gasteiger charge is 2.46. The molecule has 1 atom stereocenters. The van der Waals surface area contributed by atoms with Gasteiger partial charge < -0.3 is 24.2 Å². The number of ketones is 1. The van der Waals surface area contributed by atoms with E-state index >= 15 is 0 Å². The minimum absolute atomic E-state index is 0.0273. The van der Waals surface area contributed by atoms with Crippen LogP contribution < -0.4 is 9.47 Å². The van der Waals surface area contributed by atoms with Crippen LogP contribution in [-0.4, -0.2) is 54.5 Å². The third-order valence-electron chi connectivity index (χ3n) is 6.49. The maximum absolute atomic E-state index is 13.3. The standard InChI is InChI=1S/C29H25NO7/c1-35-29(34)20-9-7-19(8-10-20)25-24(26(31)21-11-12-22-23(17-21)37-16-15-36-22)27(32)28(33)30(25)14-13-18-5-3-2-4-6-18/h2-12,17,25,31H,13-16H2,1H3/t25-/m0/s1. The predicted molar refractivity (Wildman–Crippen MR) is 134 cm³/mol. The zero-order valence-electron chi connectivity index (χ0n) is 20.2. The number of benzene rings is 3. The summed E-state index contributed by atoms with van der Waals surface area (Å²) in [7, 11) is 1.29. The molecule has 1 N–H and O–H groups in total. The molecule has 188 valence electrons. The predicted octanol–water partition coefficient (Wildman–Crippen LogP) is 3.91. The first kappa shape index (κ1) is 24.1. The van der Waals surface area contributed by atoms with Gasteiger partial charge in [-0.2, -0.15) is 0 Å². The number of hydrogen-bond acceptors (Lipinski definition) is 7. The Hall–Kier alpha value is -4.59. The van der Waals surface area contributed by atoms with Crippen LogP contribution in [0.4, 0.5) is 0 Å². The minimum atomic E-state index is -0.844. The molecule has 0 spiro atoms. The molecule has 8 heteroatoms. The lowest BCUT2D eigenvalue weighted by atomic mass is 9.94. The van der Waals surface area contributed by atoms with Crippen LogP contribution in [0.5, 0.6) is 11.5 Å². The highest BCUT2D eigenvalue weighted by Crippen LogP contribution is 2.41. The molecule has 2 aliphatic heterocycles. The van der Waals surface area contributed by atoms with Gasteiger partial charge in [0.25, 0.3) is 11.7 Å². The van der Waals surface area contributed by atoms with Crippen LogP contribution in [0.1, 0.15) is 33.1 Å². The van der Waals surface area contributed by atoms with Crippen LogP contribution in [0.25, 0.3) is 5.76 Å². The number of aliphatic hydroxyl groups excluding tert-OH is 1. The van der Waals surface area contributed by atoms with Crippen molar-refractivity contribution in [1.29, 1.82) is 0 Å². The molecule has 0 aromatic heterocycles. The van der Waals surface area contributed by atoms with Gasteiger partial charge in [-0.1, -0.05) is 42.5 Å². The van der Waals surface area contributed by atoms with E-state index in [1.54, 1.807) is 42.5 Å². The lowest BCUT2D eigenvalue weighted by Crippen LogP contribution is -2.31. The van der Waals surface area contributed by atoms with E-state index < -0.39 is 23.7 Å². The summed E-state index contributed by atoms with van der Waals surface area (Å²) >= 11 is 0. The van der Waals surface area contributed by atoms with Crippen molar-refractivity contribution in [2.45, 2.75) is 12.5 Å². The molecule has 1 saturated heterocycles. The number of hydrogen-bond donors (Lipinski definition) is 1. The molecule has 37 heavy (non-hydrogen) atoms. The molecule has 0 unspecified atom stereocenters. The number of carbonyl (C=O) groups is 3. The van der Waals surface area contributed by atoms with E-state index in [1.807, 2.05) is 30.3 Å². The zero-order chi connectivity index (χ0) is 25.9. The molecule has 1 amide bonds. The maximum atomic E-state index is 13.3. The van der Waals surface area contributed by atoms with Crippen molar-refractivity contribution in [2.24, 2.45) is 0 Å². The summed E-state index contributed by atoms with van der Waals surface area (Å²) in [6.45, 7) is 1.05. The lowest BCUT2D eigenvalue weighted by molar-refractivity contribution is -0.139. The average molecular weight is 500 g/mol. The van der Waals surface area contributed by atoms with Crippen molar-refractivity contribution in [3.05, 3.63) is 101 Å². The van der Waals surface area contributed by atoms with Gasteiger partial charge in [-0.3, -0.25) is 9.59 Å². The topological polar surface area (TPSA) is 102 Å². The molecule has 3 aromatic carbocycles. The van der Waals surface area contributed by atoms with Crippen LogP contribution in [0, 0.1) is 0 Å². The Balaban J connectivity index is 1.57. The molecule has 1 fully saturated rings. The molecule has 0 bridgehead atoms. The Kier molecular flexibility index (Phi) is 6.64. The van der Waals surface area contributed by atoms with E-state index in [4.69, 9.17) is 14.2 Å². The minimum Gasteiger partial charge on any atom is -0.507 e. The molecule has 2 heterocycles. The number of Topliss-reactive ketones (excluding diaryl/α,β-unsaturated/α-hetero) is 1. The first-order valence-electron chi connectivity index (χ1n) is 11.9. The van der Waals surface area contributed by atoms with E-state index in [0.717, 1.165) is 5.56 Å². The third kappa shape index (κ3) is 4.65. The summed E-state index contributed by atoms with van der Waals surface area (Å²) in [5.74, 6) is -1.28. The van der Waals surface area contributed by atoms with E-state index in [2.05, 4.69) is 0 Å². The maximum Gasteiger partial charge on any atom is 0.337 e. The molecule has 0 radical (unpaired) electrons.